The van der Waals surface area contributed by atoms with E-state index in [9.17, 15) is 9.59 Å². The molecule has 2 aromatic rings. The number of carbonyl (C=O) groups excluding carboxylic acids is 2. The van der Waals surface area contributed by atoms with E-state index in [1.54, 1.807) is 4.68 Å². The Morgan fingerprint density at radius 3 is 2.70 bits per heavy atom. The van der Waals surface area contributed by atoms with Crippen LogP contribution in [0.25, 0.3) is 10.2 Å². The molecule has 2 amide bonds. The highest BCUT2D eigenvalue weighted by Crippen LogP contribution is 2.35. The molecule has 2 rings (SSSR count). The fraction of sp³-hybridized carbons (Fsp3) is 0.417. The number of aromatic nitrogens is 2. The van der Waals surface area contributed by atoms with E-state index in [4.69, 9.17) is 5.73 Å². The van der Waals surface area contributed by atoms with Crippen molar-refractivity contribution in [2.24, 2.45) is 7.05 Å². The van der Waals surface area contributed by atoms with Crippen molar-refractivity contribution in [2.45, 2.75) is 13.8 Å². The molecule has 7 nitrogen and oxygen atoms in total. The van der Waals surface area contributed by atoms with E-state index in [0.717, 1.165) is 15.9 Å². The van der Waals surface area contributed by atoms with Gasteiger partial charge in [-0.15, -0.1) is 11.3 Å². The summed E-state index contributed by atoms with van der Waals surface area (Å²) in [6.45, 7) is 4.14. The van der Waals surface area contributed by atoms with Gasteiger partial charge in [0.05, 0.1) is 23.3 Å². The molecule has 0 aromatic carbocycles. The zero-order valence-corrected chi connectivity index (χ0v) is 12.4. The van der Waals surface area contributed by atoms with Crippen LogP contribution in [-0.4, -0.2) is 34.7 Å². The second kappa shape index (κ2) is 5.49. The van der Waals surface area contributed by atoms with Crippen molar-refractivity contribution in [1.29, 1.82) is 0 Å². The predicted molar refractivity (Wildman–Crippen MR) is 78.8 cm³/mol. The molecule has 0 bridgehead atoms. The molecule has 0 saturated carbocycles. The van der Waals surface area contributed by atoms with Crippen molar-refractivity contribution in [1.82, 2.24) is 20.4 Å². The third-order valence-corrected chi connectivity index (χ3v) is 4.14. The van der Waals surface area contributed by atoms with Gasteiger partial charge in [-0.05, 0) is 13.8 Å². The normalized spacial score (nSPS) is 10.8. The second-order valence-electron chi connectivity index (χ2n) is 4.37. The van der Waals surface area contributed by atoms with E-state index in [2.05, 4.69) is 15.7 Å². The van der Waals surface area contributed by atoms with Gasteiger partial charge in [0.1, 0.15) is 9.71 Å². The van der Waals surface area contributed by atoms with Crippen LogP contribution in [0.3, 0.4) is 0 Å². The van der Waals surface area contributed by atoms with Gasteiger partial charge in [0, 0.05) is 13.6 Å². The molecule has 0 saturated heterocycles. The van der Waals surface area contributed by atoms with Gasteiger partial charge in [0.15, 0.2) is 0 Å². The summed E-state index contributed by atoms with van der Waals surface area (Å²) in [6.07, 6.45) is 0. The zero-order valence-electron chi connectivity index (χ0n) is 11.6. The Bertz CT molecular complexity index is 673. The average molecular weight is 295 g/mol. The molecule has 2 aromatic heterocycles. The second-order valence-corrected chi connectivity index (χ2v) is 5.37. The number of hydrogen-bond donors (Lipinski definition) is 3. The topological polar surface area (TPSA) is 102 Å². The SMILES string of the molecule is CCNC(=O)CNC(=O)c1sc2c(c(C)nn2C)c1N. The molecule has 0 aliphatic carbocycles. The Balaban J connectivity index is 2.20. The number of nitrogens with one attached hydrogen (secondary N) is 2. The Morgan fingerprint density at radius 2 is 2.10 bits per heavy atom. The molecule has 0 spiro atoms. The molecule has 108 valence electrons. The van der Waals surface area contributed by atoms with Gasteiger partial charge in [-0.3, -0.25) is 14.3 Å². The summed E-state index contributed by atoms with van der Waals surface area (Å²) in [7, 11) is 1.81. The maximum absolute atomic E-state index is 12.1. The number of likely N-dealkylation sites (N-methyl/N-ethyl adjacent to an activating group) is 1. The molecule has 0 aliphatic heterocycles. The van der Waals surface area contributed by atoms with Crippen molar-refractivity contribution in [3.63, 3.8) is 0 Å². The third-order valence-electron chi connectivity index (χ3n) is 2.87. The summed E-state index contributed by atoms with van der Waals surface area (Å²) < 4.78 is 1.70. The van der Waals surface area contributed by atoms with Gasteiger partial charge in [-0.2, -0.15) is 5.10 Å². The van der Waals surface area contributed by atoms with Gasteiger partial charge in [0.25, 0.3) is 5.91 Å². The van der Waals surface area contributed by atoms with E-state index in [0.29, 0.717) is 17.1 Å². The van der Waals surface area contributed by atoms with Crippen molar-refractivity contribution in [3.8, 4) is 0 Å². The van der Waals surface area contributed by atoms with Crippen molar-refractivity contribution in [2.75, 3.05) is 18.8 Å². The minimum atomic E-state index is -0.339. The minimum Gasteiger partial charge on any atom is -0.397 e. The number of aryl methyl sites for hydroxylation is 2. The smallest absolute Gasteiger partial charge is 0.264 e. The fourth-order valence-electron chi connectivity index (χ4n) is 2.00. The van der Waals surface area contributed by atoms with Crippen LogP contribution in [-0.2, 0) is 11.8 Å². The average Bonchev–Trinajstić information content (AvgIpc) is 2.87. The number of carbonyl (C=O) groups is 2. The van der Waals surface area contributed by atoms with E-state index < -0.39 is 0 Å². The number of fused-ring (bicyclic) bond motifs is 1. The lowest BCUT2D eigenvalue weighted by molar-refractivity contribution is -0.120. The Morgan fingerprint density at radius 1 is 1.40 bits per heavy atom. The Hall–Kier alpha value is -2.09. The summed E-state index contributed by atoms with van der Waals surface area (Å²) in [6, 6.07) is 0. The highest BCUT2D eigenvalue weighted by Gasteiger charge is 2.21. The predicted octanol–water partition coefficient (Wildman–Crippen LogP) is 0.391. The molecular formula is C12H17N5O2S. The van der Waals surface area contributed by atoms with Crippen LogP contribution in [0.15, 0.2) is 0 Å². The molecular weight excluding hydrogens is 278 g/mol. The summed E-state index contributed by atoms with van der Waals surface area (Å²) in [5, 5.41) is 10.2. The first-order chi connectivity index (χ1) is 9.45. The summed E-state index contributed by atoms with van der Waals surface area (Å²) in [5.41, 5.74) is 7.23. The maximum Gasteiger partial charge on any atom is 0.264 e. The fourth-order valence-corrected chi connectivity index (χ4v) is 3.10. The summed E-state index contributed by atoms with van der Waals surface area (Å²) in [5.74, 6) is -0.562. The van der Waals surface area contributed by atoms with Gasteiger partial charge in [0.2, 0.25) is 5.91 Å². The molecule has 2 heterocycles. The van der Waals surface area contributed by atoms with Crippen LogP contribution in [0, 0.1) is 6.92 Å². The van der Waals surface area contributed by atoms with Crippen LogP contribution >= 0.6 is 11.3 Å². The molecule has 0 aliphatic rings. The molecule has 20 heavy (non-hydrogen) atoms. The highest BCUT2D eigenvalue weighted by atomic mass is 32.1. The Kier molecular flexibility index (Phi) is 3.93. The van der Waals surface area contributed by atoms with Crippen LogP contribution in [0.2, 0.25) is 0 Å². The lowest BCUT2D eigenvalue weighted by Gasteiger charge is -2.04. The van der Waals surface area contributed by atoms with E-state index in [1.807, 2.05) is 20.9 Å². The number of hydrogen-bond acceptors (Lipinski definition) is 5. The number of nitrogens with zero attached hydrogens (tertiary/aromatic N) is 2. The van der Waals surface area contributed by atoms with Gasteiger partial charge in [-0.25, -0.2) is 0 Å². The number of nitrogens with two attached hydrogens (primary N) is 1. The summed E-state index contributed by atoms with van der Waals surface area (Å²) >= 11 is 1.28. The first kappa shape index (κ1) is 14.3. The largest absolute Gasteiger partial charge is 0.397 e. The quantitative estimate of drug-likeness (QED) is 0.759. The standard InChI is InChI=1S/C12H17N5O2S/c1-4-14-7(18)5-15-11(19)10-9(13)8-6(2)16-17(3)12(8)20-10/h4-5,13H2,1-3H3,(H,14,18)(H,15,19). The van der Waals surface area contributed by atoms with E-state index >= 15 is 0 Å². The zero-order chi connectivity index (χ0) is 14.9. The van der Waals surface area contributed by atoms with Gasteiger partial charge in [-0.1, -0.05) is 0 Å². The number of amides is 2. The first-order valence-corrected chi connectivity index (χ1v) is 7.03. The van der Waals surface area contributed by atoms with Crippen LogP contribution < -0.4 is 16.4 Å². The molecule has 0 atom stereocenters. The monoisotopic (exact) mass is 295 g/mol. The van der Waals surface area contributed by atoms with Crippen molar-refractivity contribution in [3.05, 3.63) is 10.6 Å². The maximum atomic E-state index is 12.1. The van der Waals surface area contributed by atoms with Crippen molar-refractivity contribution < 1.29 is 9.59 Å². The molecule has 0 radical (unpaired) electrons. The highest BCUT2D eigenvalue weighted by molar-refractivity contribution is 7.21. The molecule has 0 fully saturated rings. The first-order valence-electron chi connectivity index (χ1n) is 6.22. The van der Waals surface area contributed by atoms with E-state index in [-0.39, 0.29) is 18.4 Å². The van der Waals surface area contributed by atoms with E-state index in [1.165, 1.54) is 11.3 Å². The lowest BCUT2D eigenvalue weighted by Crippen LogP contribution is -2.36. The Labute approximate surface area is 120 Å². The molecule has 0 unspecified atom stereocenters. The van der Waals surface area contributed by atoms with Crippen LogP contribution in [0.4, 0.5) is 5.69 Å². The number of anilines is 1. The van der Waals surface area contributed by atoms with Crippen LogP contribution in [0.1, 0.15) is 22.3 Å². The van der Waals surface area contributed by atoms with Gasteiger partial charge >= 0.3 is 0 Å². The molecule has 8 heteroatoms. The minimum absolute atomic E-state index is 0.0579. The third kappa shape index (κ3) is 2.46. The van der Waals surface area contributed by atoms with Crippen molar-refractivity contribution >= 4 is 39.1 Å². The number of rotatable bonds is 4. The summed E-state index contributed by atoms with van der Waals surface area (Å²) in [4.78, 5) is 24.7. The van der Waals surface area contributed by atoms with Gasteiger partial charge < -0.3 is 16.4 Å². The number of nitrogen functional groups attached to an aromatic ring is 1. The number of thiophene rings is 1. The lowest BCUT2D eigenvalue weighted by atomic mass is 10.2. The molecule has 4 N–H and O–H groups in total. The van der Waals surface area contributed by atoms with Crippen LogP contribution in [0.5, 0.6) is 0 Å².